The van der Waals surface area contributed by atoms with Crippen molar-refractivity contribution in [2.24, 2.45) is 5.92 Å². The molecule has 1 atom stereocenters. The van der Waals surface area contributed by atoms with Gasteiger partial charge in [-0.15, -0.1) is 11.8 Å². The van der Waals surface area contributed by atoms with Crippen LogP contribution in [0.2, 0.25) is 0 Å². The molecule has 1 fully saturated rings. The van der Waals surface area contributed by atoms with Crippen LogP contribution in [0.5, 0.6) is 5.75 Å². The van der Waals surface area contributed by atoms with Gasteiger partial charge in [0.25, 0.3) is 5.91 Å². The summed E-state index contributed by atoms with van der Waals surface area (Å²) in [5, 5.41) is 4.26. The number of hydrogen-bond donors (Lipinski definition) is 2. The zero-order valence-corrected chi connectivity index (χ0v) is 28.5. The molecular weight excluding hydrogens is 637 g/mol. The van der Waals surface area contributed by atoms with Crippen LogP contribution in [-0.2, 0) is 9.53 Å². The molecule has 0 radical (unpaired) electrons. The lowest BCUT2D eigenvalue weighted by Crippen LogP contribution is -2.52. The fourth-order valence-electron chi connectivity index (χ4n) is 6.53. The molecule has 2 N–H and O–H groups in total. The minimum Gasteiger partial charge on any atom is -0.497 e. The van der Waals surface area contributed by atoms with Gasteiger partial charge >= 0.3 is 5.97 Å². The van der Waals surface area contributed by atoms with Gasteiger partial charge in [0.15, 0.2) is 0 Å². The number of aromatic nitrogens is 2. The highest BCUT2D eigenvalue weighted by Gasteiger charge is 2.34. The Bertz CT molecular complexity index is 1850. The van der Waals surface area contributed by atoms with E-state index in [2.05, 4.69) is 63.8 Å². The number of thioether (sulfide) groups is 1. The van der Waals surface area contributed by atoms with Crippen LogP contribution in [0.3, 0.4) is 0 Å². The summed E-state index contributed by atoms with van der Waals surface area (Å²) in [5.74, 6) is 0.383. The Hall–Kier alpha value is -5.09. The van der Waals surface area contributed by atoms with E-state index in [0.717, 1.165) is 23.7 Å². The molecule has 3 heterocycles. The fraction of sp³-hybridized carbons (Fsp3) is 0.282. The standard InChI is InChI=1S/C39H40N4O5S/c1-3-48-39(46)31-15-10-20-40-37(31)49-25-34(42-36(44)33-24-29-23-30(47-2)16-17-32(29)41-33)38(45)43-21-18-28(19-22-43)35(26-11-6-4-7-12-26)27-13-8-5-9-14-27/h4-17,20,23-24,28,34-35,41H,3,18-19,21-22,25H2,1-2H3,(H,42,44)/t34-/m0/s1. The van der Waals surface area contributed by atoms with E-state index in [9.17, 15) is 14.4 Å². The van der Waals surface area contributed by atoms with Crippen molar-refractivity contribution in [3.8, 4) is 5.75 Å². The summed E-state index contributed by atoms with van der Waals surface area (Å²) in [7, 11) is 1.59. The average molecular weight is 677 g/mol. The number of carbonyl (C=O) groups excluding carboxylic acids is 3. The molecule has 3 aromatic carbocycles. The number of carbonyl (C=O) groups is 3. The van der Waals surface area contributed by atoms with Crippen molar-refractivity contribution in [3.63, 3.8) is 0 Å². The smallest absolute Gasteiger partial charge is 0.340 e. The van der Waals surface area contributed by atoms with E-state index in [0.29, 0.717) is 41.0 Å². The number of benzene rings is 3. The topological polar surface area (TPSA) is 114 Å². The van der Waals surface area contributed by atoms with E-state index in [1.807, 2.05) is 35.2 Å². The normalized spacial score (nSPS) is 14.1. The molecule has 5 aromatic rings. The number of pyridine rings is 1. The Morgan fingerprint density at radius 2 is 1.63 bits per heavy atom. The monoisotopic (exact) mass is 676 g/mol. The molecule has 1 saturated heterocycles. The van der Waals surface area contributed by atoms with Crippen molar-refractivity contribution in [1.29, 1.82) is 0 Å². The van der Waals surface area contributed by atoms with Gasteiger partial charge in [-0.05, 0) is 73.2 Å². The first-order chi connectivity index (χ1) is 23.9. The van der Waals surface area contributed by atoms with E-state index in [1.54, 1.807) is 38.4 Å². The number of ether oxygens (including phenoxy) is 2. The largest absolute Gasteiger partial charge is 0.497 e. The zero-order chi connectivity index (χ0) is 34.2. The van der Waals surface area contributed by atoms with E-state index in [-0.39, 0.29) is 24.2 Å². The van der Waals surface area contributed by atoms with E-state index in [1.165, 1.54) is 22.9 Å². The second kappa shape index (κ2) is 15.9. The van der Waals surface area contributed by atoms with E-state index >= 15 is 0 Å². The van der Waals surface area contributed by atoms with Gasteiger partial charge in [0.05, 0.1) is 19.3 Å². The van der Waals surface area contributed by atoms with Gasteiger partial charge in [0, 0.05) is 41.9 Å². The first-order valence-electron chi connectivity index (χ1n) is 16.6. The molecule has 6 rings (SSSR count). The van der Waals surface area contributed by atoms with Crippen LogP contribution in [0.4, 0.5) is 0 Å². The van der Waals surface area contributed by atoms with Crippen LogP contribution in [0, 0.1) is 5.92 Å². The van der Waals surface area contributed by atoms with Crippen molar-refractivity contribution in [2.75, 3.05) is 32.6 Å². The number of methoxy groups -OCH3 is 1. The summed E-state index contributed by atoms with van der Waals surface area (Å²) < 4.78 is 10.6. The van der Waals surface area contributed by atoms with Gasteiger partial charge in [-0.3, -0.25) is 9.59 Å². The van der Waals surface area contributed by atoms with Crippen LogP contribution in [0.15, 0.2) is 108 Å². The number of aromatic amines is 1. The Balaban J connectivity index is 1.21. The lowest BCUT2D eigenvalue weighted by atomic mass is 9.76. The van der Waals surface area contributed by atoms with E-state index < -0.39 is 17.9 Å². The average Bonchev–Trinajstić information content (AvgIpc) is 3.58. The molecule has 10 heteroatoms. The fourth-order valence-corrected chi connectivity index (χ4v) is 7.53. The molecule has 0 bridgehead atoms. The van der Waals surface area contributed by atoms with Crippen LogP contribution in [-0.4, -0.2) is 71.3 Å². The molecule has 0 spiro atoms. The number of H-pyrrole nitrogens is 1. The number of amides is 2. The molecule has 0 saturated carbocycles. The molecule has 2 aromatic heterocycles. The van der Waals surface area contributed by atoms with Gasteiger partial charge in [-0.1, -0.05) is 60.7 Å². The maximum atomic E-state index is 14.2. The van der Waals surface area contributed by atoms with Crippen LogP contribution >= 0.6 is 11.8 Å². The Morgan fingerprint density at radius 3 is 2.29 bits per heavy atom. The molecule has 1 aliphatic rings. The summed E-state index contributed by atoms with van der Waals surface area (Å²) in [6, 6.07) is 30.8. The second-order valence-corrected chi connectivity index (χ2v) is 13.0. The van der Waals surface area contributed by atoms with Crippen LogP contribution in [0.1, 0.15) is 57.7 Å². The Kier molecular flexibility index (Phi) is 10.9. The maximum absolute atomic E-state index is 14.2. The van der Waals surface area contributed by atoms with Crippen molar-refractivity contribution >= 4 is 40.4 Å². The molecular formula is C39H40N4O5S. The summed E-state index contributed by atoms with van der Waals surface area (Å²) in [4.78, 5) is 49.9. The zero-order valence-electron chi connectivity index (χ0n) is 27.6. The second-order valence-electron chi connectivity index (χ2n) is 12.0. The highest BCUT2D eigenvalue weighted by atomic mass is 32.2. The van der Waals surface area contributed by atoms with Crippen LogP contribution in [0.25, 0.3) is 10.9 Å². The van der Waals surface area contributed by atoms with Crippen molar-refractivity contribution in [1.82, 2.24) is 20.2 Å². The molecule has 0 aliphatic carbocycles. The predicted molar refractivity (Wildman–Crippen MR) is 191 cm³/mol. The molecule has 9 nitrogen and oxygen atoms in total. The lowest BCUT2D eigenvalue weighted by molar-refractivity contribution is -0.134. The van der Waals surface area contributed by atoms with Crippen molar-refractivity contribution in [2.45, 2.75) is 36.8 Å². The highest BCUT2D eigenvalue weighted by molar-refractivity contribution is 7.99. The third kappa shape index (κ3) is 7.97. The SMILES string of the molecule is CCOC(=O)c1cccnc1SC[C@H](NC(=O)c1cc2cc(OC)ccc2[nH]1)C(=O)N1CCC(C(c2ccccc2)c2ccccc2)CC1. The number of hydrogen-bond acceptors (Lipinski definition) is 7. The van der Waals surface area contributed by atoms with Gasteiger partial charge in [-0.2, -0.15) is 0 Å². The third-order valence-electron chi connectivity index (χ3n) is 8.97. The van der Waals surface area contributed by atoms with Gasteiger partial charge in [-0.25, -0.2) is 9.78 Å². The number of rotatable bonds is 12. The third-order valence-corrected chi connectivity index (χ3v) is 10.1. The quantitative estimate of drug-likeness (QED) is 0.112. The number of fused-ring (bicyclic) bond motifs is 1. The number of piperidine rings is 1. The number of esters is 1. The predicted octanol–water partition coefficient (Wildman–Crippen LogP) is 6.71. The van der Waals surface area contributed by atoms with Crippen molar-refractivity contribution < 1.29 is 23.9 Å². The molecule has 0 unspecified atom stereocenters. The van der Waals surface area contributed by atoms with E-state index in [4.69, 9.17) is 9.47 Å². The number of nitrogens with one attached hydrogen (secondary N) is 2. The number of likely N-dealkylation sites (tertiary alicyclic amines) is 1. The van der Waals surface area contributed by atoms with Crippen molar-refractivity contribution in [3.05, 3.63) is 126 Å². The summed E-state index contributed by atoms with van der Waals surface area (Å²) in [6.45, 7) is 3.12. The van der Waals surface area contributed by atoms with Crippen LogP contribution < -0.4 is 10.1 Å². The summed E-state index contributed by atoms with van der Waals surface area (Å²) >= 11 is 1.25. The molecule has 49 heavy (non-hydrogen) atoms. The minimum absolute atomic E-state index is 0.165. The Morgan fingerprint density at radius 1 is 0.939 bits per heavy atom. The molecule has 252 valence electrons. The molecule has 1 aliphatic heterocycles. The van der Waals surface area contributed by atoms with Gasteiger partial charge in [0.1, 0.15) is 22.5 Å². The maximum Gasteiger partial charge on any atom is 0.340 e. The lowest BCUT2D eigenvalue weighted by Gasteiger charge is -2.38. The van der Waals surface area contributed by atoms with Gasteiger partial charge < -0.3 is 24.7 Å². The van der Waals surface area contributed by atoms with Gasteiger partial charge in [0.2, 0.25) is 5.91 Å². The first kappa shape index (κ1) is 33.8. The first-order valence-corrected chi connectivity index (χ1v) is 17.5. The highest BCUT2D eigenvalue weighted by Crippen LogP contribution is 2.38. The minimum atomic E-state index is -0.869. The number of nitrogens with zero attached hydrogens (tertiary/aromatic N) is 2. The summed E-state index contributed by atoms with van der Waals surface area (Å²) in [5.41, 5.74) is 3.98. The Labute approximate surface area is 290 Å². The molecule has 2 amide bonds. The summed E-state index contributed by atoms with van der Waals surface area (Å²) in [6.07, 6.45) is 3.25.